The van der Waals surface area contributed by atoms with Gasteiger partial charge in [-0.3, -0.25) is 4.98 Å². The third-order valence-electron chi connectivity index (χ3n) is 1.88. The Hall–Kier alpha value is -1.35. The lowest BCUT2D eigenvalue weighted by Gasteiger charge is -2.09. The average molecular weight is 207 g/mol. The third-order valence-corrected chi connectivity index (χ3v) is 1.88. The molecule has 82 valence electrons. The number of aromatic nitrogens is 1. The van der Waals surface area contributed by atoms with Gasteiger partial charge >= 0.3 is 0 Å². The molecular formula is C12H17NO2. The molecule has 0 aliphatic carbocycles. The topological polar surface area (TPSA) is 42.4 Å². The second-order valence-corrected chi connectivity index (χ2v) is 3.62. The fraction of sp³-hybridized carbons (Fsp3) is 0.417. The first-order chi connectivity index (χ1) is 7.13. The number of ether oxygens (including phenoxy) is 1. The first kappa shape index (κ1) is 11.7. The van der Waals surface area contributed by atoms with Crippen molar-refractivity contribution in [2.45, 2.75) is 26.4 Å². The van der Waals surface area contributed by atoms with Gasteiger partial charge in [0.25, 0.3) is 0 Å². The van der Waals surface area contributed by atoms with Crippen LogP contribution in [0.25, 0.3) is 5.57 Å². The monoisotopic (exact) mass is 207 g/mol. The Balaban J connectivity index is 2.67. The van der Waals surface area contributed by atoms with E-state index in [2.05, 4.69) is 11.6 Å². The lowest BCUT2D eigenvalue weighted by atomic mass is 10.1. The molecule has 0 saturated heterocycles. The van der Waals surface area contributed by atoms with Gasteiger partial charge in [-0.25, -0.2) is 0 Å². The zero-order chi connectivity index (χ0) is 11.3. The van der Waals surface area contributed by atoms with Gasteiger partial charge in [0, 0.05) is 6.61 Å². The Labute approximate surface area is 90.4 Å². The number of hydrogen-bond acceptors (Lipinski definition) is 3. The summed E-state index contributed by atoms with van der Waals surface area (Å²) in [5.41, 5.74) is 1.65. The highest BCUT2D eigenvalue weighted by molar-refractivity contribution is 5.60. The third kappa shape index (κ3) is 3.72. The van der Waals surface area contributed by atoms with Gasteiger partial charge in [-0.15, -0.1) is 0 Å². The zero-order valence-electron chi connectivity index (χ0n) is 9.23. The number of pyridine rings is 1. The molecule has 1 N–H and O–H groups in total. The Morgan fingerprint density at radius 3 is 2.73 bits per heavy atom. The molecule has 0 radical (unpaired) electrons. The maximum Gasteiger partial charge on any atom is 0.138 e. The van der Waals surface area contributed by atoms with E-state index in [0.29, 0.717) is 6.42 Å². The van der Waals surface area contributed by atoms with Gasteiger partial charge in [-0.05, 0) is 38.0 Å². The minimum Gasteiger partial charge on any atom is -0.489 e. The van der Waals surface area contributed by atoms with Gasteiger partial charge in [0.05, 0.1) is 18.0 Å². The Morgan fingerprint density at radius 1 is 1.53 bits per heavy atom. The molecule has 0 aliphatic heterocycles. The molecule has 0 saturated carbocycles. The van der Waals surface area contributed by atoms with Crippen LogP contribution < -0.4 is 4.74 Å². The van der Waals surface area contributed by atoms with Crippen LogP contribution >= 0.6 is 0 Å². The second-order valence-electron chi connectivity index (χ2n) is 3.62. The van der Waals surface area contributed by atoms with E-state index in [1.54, 1.807) is 6.20 Å². The van der Waals surface area contributed by atoms with Crippen LogP contribution in [0.3, 0.4) is 0 Å². The molecule has 0 aromatic carbocycles. The average Bonchev–Trinajstić information content (AvgIpc) is 2.18. The Bertz CT molecular complexity index is 317. The summed E-state index contributed by atoms with van der Waals surface area (Å²) >= 11 is 0. The van der Waals surface area contributed by atoms with E-state index in [0.717, 1.165) is 17.0 Å². The molecule has 15 heavy (non-hydrogen) atoms. The van der Waals surface area contributed by atoms with E-state index >= 15 is 0 Å². The molecule has 3 nitrogen and oxygen atoms in total. The Kier molecular flexibility index (Phi) is 4.31. The molecule has 0 spiro atoms. The molecule has 0 atom stereocenters. The minimum atomic E-state index is 0.102. The highest BCUT2D eigenvalue weighted by Crippen LogP contribution is 2.17. The number of nitrogens with zero attached hydrogens (tertiary/aromatic N) is 1. The summed E-state index contributed by atoms with van der Waals surface area (Å²) in [7, 11) is 0. The second kappa shape index (κ2) is 5.51. The molecule has 1 aromatic heterocycles. The van der Waals surface area contributed by atoms with Gasteiger partial charge < -0.3 is 9.84 Å². The van der Waals surface area contributed by atoms with Gasteiger partial charge in [-0.1, -0.05) is 6.58 Å². The fourth-order valence-corrected chi connectivity index (χ4v) is 1.19. The largest absolute Gasteiger partial charge is 0.489 e. The maximum atomic E-state index is 8.76. The highest BCUT2D eigenvalue weighted by atomic mass is 16.5. The predicted molar refractivity (Wildman–Crippen MR) is 60.7 cm³/mol. The molecule has 0 unspecified atom stereocenters. The van der Waals surface area contributed by atoms with E-state index in [4.69, 9.17) is 9.84 Å². The van der Waals surface area contributed by atoms with Gasteiger partial charge in [-0.2, -0.15) is 0 Å². The van der Waals surface area contributed by atoms with Gasteiger partial charge in [0.15, 0.2) is 0 Å². The molecule has 0 amide bonds. The quantitative estimate of drug-likeness (QED) is 0.805. The van der Waals surface area contributed by atoms with Crippen LogP contribution in [0.15, 0.2) is 24.9 Å². The van der Waals surface area contributed by atoms with Gasteiger partial charge in [0.2, 0.25) is 0 Å². The summed E-state index contributed by atoms with van der Waals surface area (Å²) in [6.07, 6.45) is 2.38. The van der Waals surface area contributed by atoms with E-state index in [-0.39, 0.29) is 12.7 Å². The highest BCUT2D eigenvalue weighted by Gasteiger charge is 2.02. The van der Waals surface area contributed by atoms with Crippen LogP contribution in [0.1, 0.15) is 26.0 Å². The van der Waals surface area contributed by atoms with Crippen LogP contribution in [0.2, 0.25) is 0 Å². The molecule has 0 fully saturated rings. The van der Waals surface area contributed by atoms with Crippen LogP contribution in [-0.2, 0) is 0 Å². The molecule has 1 heterocycles. The first-order valence-electron chi connectivity index (χ1n) is 5.05. The SMILES string of the molecule is C=C(CCO)c1ccc(OC(C)C)cn1. The van der Waals surface area contributed by atoms with E-state index in [1.807, 2.05) is 26.0 Å². The summed E-state index contributed by atoms with van der Waals surface area (Å²) < 4.78 is 5.47. The fourth-order valence-electron chi connectivity index (χ4n) is 1.19. The molecular weight excluding hydrogens is 190 g/mol. The van der Waals surface area contributed by atoms with Crippen molar-refractivity contribution in [2.75, 3.05) is 6.61 Å². The van der Waals surface area contributed by atoms with Crippen molar-refractivity contribution >= 4 is 5.57 Å². The maximum absolute atomic E-state index is 8.76. The van der Waals surface area contributed by atoms with Crippen molar-refractivity contribution in [1.82, 2.24) is 4.98 Å². The number of aliphatic hydroxyl groups is 1. The first-order valence-corrected chi connectivity index (χ1v) is 5.05. The lowest BCUT2D eigenvalue weighted by molar-refractivity contribution is 0.241. The van der Waals surface area contributed by atoms with Gasteiger partial charge in [0.1, 0.15) is 5.75 Å². The zero-order valence-corrected chi connectivity index (χ0v) is 9.23. The standard InChI is InChI=1S/C12H17NO2/c1-9(2)15-11-4-5-12(13-8-11)10(3)6-7-14/h4-5,8-9,14H,3,6-7H2,1-2H3. The van der Waals surface area contributed by atoms with Crippen molar-refractivity contribution in [2.24, 2.45) is 0 Å². The van der Waals surface area contributed by atoms with Crippen molar-refractivity contribution in [1.29, 1.82) is 0 Å². The smallest absolute Gasteiger partial charge is 0.138 e. The van der Waals surface area contributed by atoms with Crippen molar-refractivity contribution in [3.8, 4) is 5.75 Å². The summed E-state index contributed by atoms with van der Waals surface area (Å²) in [5, 5.41) is 8.76. The molecule has 1 rings (SSSR count). The molecule has 0 bridgehead atoms. The number of aliphatic hydroxyl groups excluding tert-OH is 1. The Morgan fingerprint density at radius 2 is 2.27 bits per heavy atom. The van der Waals surface area contributed by atoms with Crippen LogP contribution in [0.4, 0.5) is 0 Å². The summed E-state index contributed by atoms with van der Waals surface area (Å²) in [6.45, 7) is 7.89. The van der Waals surface area contributed by atoms with Crippen LogP contribution in [0, 0.1) is 0 Å². The van der Waals surface area contributed by atoms with Crippen LogP contribution in [-0.4, -0.2) is 22.8 Å². The number of rotatable bonds is 5. The molecule has 3 heteroatoms. The van der Waals surface area contributed by atoms with Crippen molar-refractivity contribution < 1.29 is 9.84 Å². The predicted octanol–water partition coefficient (Wildman–Crippen LogP) is 2.26. The summed E-state index contributed by atoms with van der Waals surface area (Å²) in [6, 6.07) is 3.72. The van der Waals surface area contributed by atoms with Crippen molar-refractivity contribution in [3.05, 3.63) is 30.6 Å². The summed E-state index contributed by atoms with van der Waals surface area (Å²) in [4.78, 5) is 4.21. The van der Waals surface area contributed by atoms with E-state index in [1.165, 1.54) is 0 Å². The number of hydrogen-bond donors (Lipinski definition) is 1. The minimum absolute atomic E-state index is 0.102. The van der Waals surface area contributed by atoms with Crippen molar-refractivity contribution in [3.63, 3.8) is 0 Å². The molecule has 0 aliphatic rings. The van der Waals surface area contributed by atoms with Crippen LogP contribution in [0.5, 0.6) is 5.75 Å². The van der Waals surface area contributed by atoms with E-state index < -0.39 is 0 Å². The summed E-state index contributed by atoms with van der Waals surface area (Å²) in [5.74, 6) is 0.755. The molecule has 1 aromatic rings. The normalized spacial score (nSPS) is 10.4. The lowest BCUT2D eigenvalue weighted by Crippen LogP contribution is -2.05. The van der Waals surface area contributed by atoms with E-state index in [9.17, 15) is 0 Å².